The summed E-state index contributed by atoms with van der Waals surface area (Å²) in [4.78, 5) is 13.8. The number of nitrogens with zero attached hydrogens (tertiary/aromatic N) is 4. The molecule has 3 aromatic rings. The summed E-state index contributed by atoms with van der Waals surface area (Å²) in [6, 6.07) is 16.6. The third-order valence-electron chi connectivity index (χ3n) is 4.58. The van der Waals surface area contributed by atoms with Crippen molar-refractivity contribution in [1.29, 1.82) is 0 Å². The number of nitrogen functional groups attached to an aromatic ring is 1. The molecule has 1 aliphatic heterocycles. The van der Waals surface area contributed by atoms with Crippen molar-refractivity contribution >= 4 is 28.4 Å². The van der Waals surface area contributed by atoms with Crippen molar-refractivity contribution in [3.05, 3.63) is 54.1 Å². The van der Waals surface area contributed by atoms with E-state index < -0.39 is 0 Å². The normalized spacial score (nSPS) is 15.0. The van der Waals surface area contributed by atoms with Gasteiger partial charge < -0.3 is 15.5 Å². The zero-order valence-electron chi connectivity index (χ0n) is 13.8. The van der Waals surface area contributed by atoms with Crippen LogP contribution in [0.4, 0.5) is 17.5 Å². The third-order valence-corrected chi connectivity index (χ3v) is 4.58. The van der Waals surface area contributed by atoms with E-state index in [-0.39, 0.29) is 0 Å². The minimum absolute atomic E-state index is 0.552. The Morgan fingerprint density at radius 3 is 2.25 bits per heavy atom. The lowest BCUT2D eigenvalue weighted by atomic mass is 10.2. The van der Waals surface area contributed by atoms with Crippen LogP contribution in [0.3, 0.4) is 0 Å². The first-order valence-electron chi connectivity index (χ1n) is 8.29. The summed E-state index contributed by atoms with van der Waals surface area (Å²) >= 11 is 0. The lowest BCUT2D eigenvalue weighted by Crippen LogP contribution is -2.47. The van der Waals surface area contributed by atoms with Crippen LogP contribution in [0.25, 0.3) is 10.9 Å². The monoisotopic (exact) mass is 319 g/mol. The van der Waals surface area contributed by atoms with Crippen LogP contribution < -0.4 is 15.5 Å². The molecule has 2 N–H and O–H groups in total. The molecule has 5 nitrogen and oxygen atoms in total. The number of aromatic nitrogens is 2. The lowest BCUT2D eigenvalue weighted by Gasteiger charge is -2.36. The van der Waals surface area contributed by atoms with Gasteiger partial charge in [-0.1, -0.05) is 29.8 Å². The van der Waals surface area contributed by atoms with Crippen LogP contribution in [-0.4, -0.2) is 36.1 Å². The fourth-order valence-corrected chi connectivity index (χ4v) is 3.15. The molecule has 0 atom stereocenters. The molecule has 0 unspecified atom stereocenters. The van der Waals surface area contributed by atoms with Gasteiger partial charge in [0.2, 0.25) is 5.95 Å². The number of rotatable bonds is 2. The Labute approximate surface area is 141 Å². The molecule has 2 aromatic carbocycles. The van der Waals surface area contributed by atoms with Crippen molar-refractivity contribution in [2.45, 2.75) is 6.92 Å². The molecule has 0 aliphatic carbocycles. The molecule has 1 fully saturated rings. The highest BCUT2D eigenvalue weighted by Crippen LogP contribution is 2.23. The van der Waals surface area contributed by atoms with Gasteiger partial charge in [0.25, 0.3) is 0 Å². The molecule has 1 aliphatic rings. The molecule has 4 rings (SSSR count). The van der Waals surface area contributed by atoms with Crippen LogP contribution >= 0.6 is 0 Å². The number of piperazine rings is 1. The predicted molar refractivity (Wildman–Crippen MR) is 99.6 cm³/mol. The number of nitrogens with two attached hydrogens (primary N) is 1. The summed E-state index contributed by atoms with van der Waals surface area (Å²) in [5.74, 6) is 1.28. The predicted octanol–water partition coefficient (Wildman–Crippen LogP) is 2.85. The number of anilines is 3. The van der Waals surface area contributed by atoms with Crippen molar-refractivity contribution in [2.75, 3.05) is 41.7 Å². The molecule has 0 bridgehead atoms. The van der Waals surface area contributed by atoms with Crippen molar-refractivity contribution in [3.63, 3.8) is 0 Å². The van der Waals surface area contributed by atoms with Crippen LogP contribution in [0.15, 0.2) is 48.5 Å². The average molecular weight is 319 g/mol. The van der Waals surface area contributed by atoms with Crippen LogP contribution in [0.5, 0.6) is 0 Å². The van der Waals surface area contributed by atoms with Crippen molar-refractivity contribution in [1.82, 2.24) is 9.97 Å². The van der Waals surface area contributed by atoms with E-state index in [0.29, 0.717) is 5.82 Å². The third kappa shape index (κ3) is 2.73. The smallest absolute Gasteiger partial charge is 0.228 e. The zero-order valence-corrected chi connectivity index (χ0v) is 13.8. The highest BCUT2D eigenvalue weighted by molar-refractivity contribution is 5.88. The zero-order chi connectivity index (χ0) is 16.5. The number of hydrogen-bond donors (Lipinski definition) is 1. The Hall–Kier alpha value is -2.82. The summed E-state index contributed by atoms with van der Waals surface area (Å²) in [5, 5.41) is 0.916. The van der Waals surface area contributed by atoms with Crippen molar-refractivity contribution < 1.29 is 0 Å². The fraction of sp³-hybridized carbons (Fsp3) is 0.263. The van der Waals surface area contributed by atoms with Gasteiger partial charge in [0, 0.05) is 37.3 Å². The number of hydrogen-bond acceptors (Lipinski definition) is 5. The summed E-state index contributed by atoms with van der Waals surface area (Å²) < 4.78 is 0. The Bertz CT molecular complexity index is 851. The van der Waals surface area contributed by atoms with Gasteiger partial charge in [-0.25, -0.2) is 4.98 Å². The Morgan fingerprint density at radius 1 is 0.833 bits per heavy atom. The largest absolute Gasteiger partial charge is 0.383 e. The summed E-state index contributed by atoms with van der Waals surface area (Å²) in [7, 11) is 0. The summed E-state index contributed by atoms with van der Waals surface area (Å²) in [6.07, 6.45) is 0. The molecule has 24 heavy (non-hydrogen) atoms. The minimum atomic E-state index is 0.552. The number of fused-ring (bicyclic) bond motifs is 1. The van der Waals surface area contributed by atoms with Crippen LogP contribution in [0.1, 0.15) is 5.56 Å². The Balaban J connectivity index is 1.52. The first-order valence-corrected chi connectivity index (χ1v) is 8.29. The number of para-hydroxylation sites is 1. The summed E-state index contributed by atoms with van der Waals surface area (Å²) in [5.41, 5.74) is 9.58. The standard InChI is InChI=1S/C19H21N5/c1-14-6-8-15(9-7-14)23-10-12-24(13-11-23)19-21-17-5-3-2-4-16(17)18(20)22-19/h2-9H,10-13H2,1H3,(H2,20,21,22). The maximum Gasteiger partial charge on any atom is 0.228 e. The van der Waals surface area contributed by atoms with Gasteiger partial charge in [-0.3, -0.25) is 0 Å². The second-order valence-electron chi connectivity index (χ2n) is 6.24. The Kier molecular flexibility index (Phi) is 3.69. The SMILES string of the molecule is Cc1ccc(N2CCN(c3nc(N)c4ccccc4n3)CC2)cc1. The highest BCUT2D eigenvalue weighted by Gasteiger charge is 2.20. The highest BCUT2D eigenvalue weighted by atomic mass is 15.3. The van der Waals surface area contributed by atoms with E-state index in [0.717, 1.165) is 43.0 Å². The van der Waals surface area contributed by atoms with Crippen LogP contribution in [0, 0.1) is 6.92 Å². The van der Waals surface area contributed by atoms with E-state index in [2.05, 4.69) is 51.0 Å². The average Bonchev–Trinajstić information content (AvgIpc) is 2.62. The molecule has 1 saturated heterocycles. The first-order chi connectivity index (χ1) is 11.7. The maximum absolute atomic E-state index is 6.11. The van der Waals surface area contributed by atoms with Gasteiger partial charge in [-0.15, -0.1) is 0 Å². The number of benzene rings is 2. The topological polar surface area (TPSA) is 58.3 Å². The molecule has 122 valence electrons. The van der Waals surface area contributed by atoms with E-state index >= 15 is 0 Å². The number of aryl methyl sites for hydroxylation is 1. The van der Waals surface area contributed by atoms with E-state index in [1.165, 1.54) is 11.3 Å². The fourth-order valence-electron chi connectivity index (χ4n) is 3.15. The van der Waals surface area contributed by atoms with Crippen LogP contribution in [0.2, 0.25) is 0 Å². The van der Waals surface area contributed by atoms with Gasteiger partial charge in [0.1, 0.15) is 5.82 Å². The van der Waals surface area contributed by atoms with E-state index in [1.54, 1.807) is 0 Å². The molecule has 1 aromatic heterocycles. The minimum Gasteiger partial charge on any atom is -0.383 e. The molecular weight excluding hydrogens is 298 g/mol. The second kappa shape index (κ2) is 6.00. The van der Waals surface area contributed by atoms with Gasteiger partial charge >= 0.3 is 0 Å². The Morgan fingerprint density at radius 2 is 1.50 bits per heavy atom. The van der Waals surface area contributed by atoms with Gasteiger partial charge in [-0.05, 0) is 31.2 Å². The lowest BCUT2D eigenvalue weighted by molar-refractivity contribution is 0.641. The quantitative estimate of drug-likeness (QED) is 0.787. The van der Waals surface area contributed by atoms with E-state index in [1.807, 2.05) is 24.3 Å². The molecule has 0 amide bonds. The van der Waals surface area contributed by atoms with Crippen molar-refractivity contribution in [2.24, 2.45) is 0 Å². The molecule has 0 radical (unpaired) electrons. The molecule has 2 heterocycles. The van der Waals surface area contributed by atoms with Crippen LogP contribution in [-0.2, 0) is 0 Å². The van der Waals surface area contributed by atoms with Crippen molar-refractivity contribution in [3.8, 4) is 0 Å². The summed E-state index contributed by atoms with van der Waals surface area (Å²) in [6.45, 7) is 5.82. The molecular formula is C19H21N5. The van der Waals surface area contributed by atoms with Gasteiger partial charge in [0.05, 0.1) is 5.52 Å². The molecule has 0 saturated carbocycles. The molecule has 5 heteroatoms. The maximum atomic E-state index is 6.11. The molecule has 0 spiro atoms. The first kappa shape index (κ1) is 14.8. The van der Waals surface area contributed by atoms with Gasteiger partial charge in [0.15, 0.2) is 0 Å². The van der Waals surface area contributed by atoms with E-state index in [9.17, 15) is 0 Å². The van der Waals surface area contributed by atoms with E-state index in [4.69, 9.17) is 5.73 Å². The second-order valence-corrected chi connectivity index (χ2v) is 6.24. The van der Waals surface area contributed by atoms with Gasteiger partial charge in [-0.2, -0.15) is 4.98 Å².